The number of nitrogens with zero attached hydrogens (tertiary/aromatic N) is 4. The molecule has 0 spiro atoms. The van der Waals surface area contributed by atoms with Crippen molar-refractivity contribution >= 4 is 23.4 Å². The summed E-state index contributed by atoms with van der Waals surface area (Å²) in [7, 11) is 4.67. The van der Waals surface area contributed by atoms with Crippen molar-refractivity contribution in [3.05, 3.63) is 30.2 Å². The van der Waals surface area contributed by atoms with Crippen molar-refractivity contribution in [2.75, 3.05) is 32.0 Å². The van der Waals surface area contributed by atoms with Crippen LogP contribution in [0, 0.1) is 0 Å². The molecule has 0 unspecified atom stereocenters. The van der Waals surface area contributed by atoms with E-state index in [9.17, 15) is 0 Å². The Kier molecular flexibility index (Phi) is 5.71. The van der Waals surface area contributed by atoms with Crippen LogP contribution in [-0.4, -0.2) is 46.5 Å². The van der Waals surface area contributed by atoms with E-state index >= 15 is 0 Å². The number of nitrogens with one attached hydrogen (secondary N) is 3. The number of rotatable bonds is 7. The largest absolute Gasteiger partial charge is 0.493 e. The number of ether oxygens (including phenoxy) is 3. The van der Waals surface area contributed by atoms with E-state index in [-0.39, 0.29) is 5.41 Å². The fourth-order valence-electron chi connectivity index (χ4n) is 2.58. The van der Waals surface area contributed by atoms with Crippen molar-refractivity contribution < 1.29 is 14.2 Å². The molecule has 29 heavy (non-hydrogen) atoms. The number of benzene rings is 1. The van der Waals surface area contributed by atoms with Gasteiger partial charge in [0.15, 0.2) is 17.3 Å². The lowest BCUT2D eigenvalue weighted by molar-refractivity contribution is 0.324. The molecule has 0 saturated carbocycles. The van der Waals surface area contributed by atoms with Gasteiger partial charge in [-0.05, 0) is 0 Å². The summed E-state index contributed by atoms with van der Waals surface area (Å²) in [5.74, 6) is 2.89. The first-order valence-corrected chi connectivity index (χ1v) is 8.93. The van der Waals surface area contributed by atoms with Crippen LogP contribution in [0.3, 0.4) is 0 Å². The van der Waals surface area contributed by atoms with Crippen molar-refractivity contribution in [3.63, 3.8) is 0 Å². The Bertz CT molecular complexity index is 957. The maximum absolute atomic E-state index is 5.37. The number of anilines is 4. The van der Waals surface area contributed by atoms with Crippen LogP contribution in [0.15, 0.2) is 24.5 Å². The van der Waals surface area contributed by atoms with E-state index in [4.69, 9.17) is 14.2 Å². The highest BCUT2D eigenvalue weighted by Crippen LogP contribution is 2.40. The van der Waals surface area contributed by atoms with Crippen LogP contribution >= 0.6 is 0 Å². The van der Waals surface area contributed by atoms with Gasteiger partial charge in [0.05, 0.1) is 21.3 Å². The molecule has 0 atom stereocenters. The first-order chi connectivity index (χ1) is 13.8. The number of hydrogen-bond donors (Lipinski definition) is 3. The van der Waals surface area contributed by atoms with Gasteiger partial charge < -0.3 is 24.8 Å². The smallest absolute Gasteiger partial charge is 0.233 e. The predicted molar refractivity (Wildman–Crippen MR) is 110 cm³/mol. The van der Waals surface area contributed by atoms with E-state index in [0.29, 0.717) is 40.7 Å². The van der Waals surface area contributed by atoms with E-state index in [1.165, 1.54) is 6.33 Å². The summed E-state index contributed by atoms with van der Waals surface area (Å²) < 4.78 is 16.1. The molecule has 0 aliphatic rings. The molecule has 154 valence electrons. The van der Waals surface area contributed by atoms with Crippen LogP contribution in [-0.2, 0) is 5.41 Å². The Balaban J connectivity index is 1.81. The first-order valence-electron chi connectivity index (χ1n) is 8.93. The van der Waals surface area contributed by atoms with Gasteiger partial charge in [0.25, 0.3) is 0 Å². The van der Waals surface area contributed by atoms with Gasteiger partial charge in [-0.3, -0.25) is 5.10 Å². The Labute approximate surface area is 169 Å². The fraction of sp³-hybridized carbons (Fsp3) is 0.368. The minimum Gasteiger partial charge on any atom is -0.493 e. The Morgan fingerprint density at radius 1 is 0.862 bits per heavy atom. The summed E-state index contributed by atoms with van der Waals surface area (Å²) in [4.78, 5) is 12.7. The summed E-state index contributed by atoms with van der Waals surface area (Å²) in [5, 5.41) is 13.5. The molecule has 0 amide bonds. The molecule has 3 N–H and O–H groups in total. The third-order valence-electron chi connectivity index (χ3n) is 4.12. The zero-order valence-electron chi connectivity index (χ0n) is 17.3. The predicted octanol–water partition coefficient (Wildman–Crippen LogP) is 3.41. The topological polar surface area (TPSA) is 119 Å². The first kappa shape index (κ1) is 20.2. The molecular formula is C19H25N7O3. The second kappa shape index (κ2) is 8.21. The van der Waals surface area contributed by atoms with Crippen molar-refractivity contribution in [3.8, 4) is 17.2 Å². The molecule has 0 bridgehead atoms. The van der Waals surface area contributed by atoms with Crippen molar-refractivity contribution in [1.82, 2.24) is 25.1 Å². The summed E-state index contributed by atoms with van der Waals surface area (Å²) >= 11 is 0. The van der Waals surface area contributed by atoms with Crippen molar-refractivity contribution in [1.29, 1.82) is 0 Å². The second-order valence-corrected chi connectivity index (χ2v) is 7.21. The minimum absolute atomic E-state index is 0.0365. The molecule has 0 fully saturated rings. The molecule has 3 rings (SSSR count). The highest BCUT2D eigenvalue weighted by molar-refractivity contribution is 5.66. The average molecular weight is 399 g/mol. The maximum atomic E-state index is 5.37. The average Bonchev–Trinajstić information content (AvgIpc) is 3.16. The molecule has 0 aliphatic heterocycles. The van der Waals surface area contributed by atoms with Crippen LogP contribution < -0.4 is 24.8 Å². The lowest BCUT2D eigenvalue weighted by atomic mass is 9.92. The lowest BCUT2D eigenvalue weighted by Crippen LogP contribution is -2.11. The number of methoxy groups -OCH3 is 3. The third kappa shape index (κ3) is 4.65. The normalized spacial score (nSPS) is 11.1. The fourth-order valence-corrected chi connectivity index (χ4v) is 2.58. The van der Waals surface area contributed by atoms with Gasteiger partial charge in [-0.25, -0.2) is 9.97 Å². The van der Waals surface area contributed by atoms with E-state index in [1.807, 2.05) is 6.07 Å². The number of hydrogen-bond acceptors (Lipinski definition) is 9. The lowest BCUT2D eigenvalue weighted by Gasteiger charge is -2.14. The number of aromatic amines is 1. The molecule has 0 aliphatic carbocycles. The van der Waals surface area contributed by atoms with Gasteiger partial charge in [-0.15, -0.1) is 0 Å². The molecule has 10 nitrogen and oxygen atoms in total. The SMILES string of the molecule is COc1cc(Nc2ncnc(Nc3cc(C(C)(C)C)[nH]n3)n2)cc(OC)c1OC. The van der Waals surface area contributed by atoms with Crippen LogP contribution in [0.5, 0.6) is 17.2 Å². The van der Waals surface area contributed by atoms with Crippen LogP contribution in [0.25, 0.3) is 0 Å². The highest BCUT2D eigenvalue weighted by atomic mass is 16.5. The highest BCUT2D eigenvalue weighted by Gasteiger charge is 2.17. The standard InChI is InChI=1S/C19H25N7O3/c1-19(2,3)14-9-15(26-25-14)23-18-21-10-20-17(24-18)22-11-7-12(27-4)16(29-6)13(8-11)28-5/h7-10H,1-6H3,(H3,20,21,22,23,24,25,26). The summed E-state index contributed by atoms with van der Waals surface area (Å²) in [6.07, 6.45) is 1.41. The summed E-state index contributed by atoms with van der Waals surface area (Å²) in [6, 6.07) is 5.46. The van der Waals surface area contributed by atoms with Crippen LogP contribution in [0.2, 0.25) is 0 Å². The maximum Gasteiger partial charge on any atom is 0.233 e. The minimum atomic E-state index is -0.0365. The zero-order valence-corrected chi connectivity index (χ0v) is 17.3. The molecule has 0 radical (unpaired) electrons. The van der Waals surface area contributed by atoms with E-state index in [1.54, 1.807) is 33.5 Å². The molecule has 1 aromatic carbocycles. The van der Waals surface area contributed by atoms with E-state index in [0.717, 1.165) is 5.69 Å². The zero-order chi connectivity index (χ0) is 21.0. The molecule has 3 aromatic rings. The Morgan fingerprint density at radius 2 is 1.48 bits per heavy atom. The van der Waals surface area contributed by atoms with E-state index < -0.39 is 0 Å². The van der Waals surface area contributed by atoms with Gasteiger partial charge in [0.1, 0.15) is 6.33 Å². The molecule has 2 heterocycles. The van der Waals surface area contributed by atoms with Gasteiger partial charge in [-0.2, -0.15) is 10.1 Å². The molecule has 2 aromatic heterocycles. The number of H-pyrrole nitrogens is 1. The van der Waals surface area contributed by atoms with E-state index in [2.05, 4.69) is 56.6 Å². The van der Waals surface area contributed by atoms with Gasteiger partial charge in [-0.1, -0.05) is 20.8 Å². The number of aromatic nitrogens is 5. The van der Waals surface area contributed by atoms with Crippen molar-refractivity contribution in [2.24, 2.45) is 0 Å². The van der Waals surface area contributed by atoms with Crippen LogP contribution in [0.1, 0.15) is 26.5 Å². The molecule has 0 saturated heterocycles. The molecular weight excluding hydrogens is 374 g/mol. The quantitative estimate of drug-likeness (QED) is 0.549. The summed E-state index contributed by atoms with van der Waals surface area (Å²) in [6.45, 7) is 6.31. The second-order valence-electron chi connectivity index (χ2n) is 7.21. The van der Waals surface area contributed by atoms with Gasteiger partial charge >= 0.3 is 0 Å². The van der Waals surface area contributed by atoms with Gasteiger partial charge in [0.2, 0.25) is 17.6 Å². The summed E-state index contributed by atoms with van der Waals surface area (Å²) in [5.41, 5.74) is 1.64. The molecule has 10 heteroatoms. The Hall–Kier alpha value is -3.56. The third-order valence-corrected chi connectivity index (χ3v) is 4.12. The van der Waals surface area contributed by atoms with Gasteiger partial charge in [0, 0.05) is 35.0 Å². The van der Waals surface area contributed by atoms with Crippen molar-refractivity contribution in [2.45, 2.75) is 26.2 Å². The van der Waals surface area contributed by atoms with Crippen LogP contribution in [0.4, 0.5) is 23.4 Å². The Morgan fingerprint density at radius 3 is 2.00 bits per heavy atom. The monoisotopic (exact) mass is 399 g/mol.